The lowest BCUT2D eigenvalue weighted by Crippen LogP contribution is -2.48. The monoisotopic (exact) mass is 417 g/mol. The van der Waals surface area contributed by atoms with Gasteiger partial charge in [0.1, 0.15) is 11.4 Å². The van der Waals surface area contributed by atoms with E-state index in [0.29, 0.717) is 49.1 Å². The molecule has 2 aromatic rings. The minimum atomic E-state index is -0.428. The Hall–Kier alpha value is -2.80. The van der Waals surface area contributed by atoms with Crippen molar-refractivity contribution in [2.45, 2.75) is 19.8 Å². The molecular weight excluding hydrogens is 394 g/mol. The van der Waals surface area contributed by atoms with E-state index in [2.05, 4.69) is 6.92 Å². The largest absolute Gasteiger partial charge is 0.494 e. The minimum Gasteiger partial charge on any atom is -0.494 e. The number of unbranched alkanes of at least 4 members (excludes halogenated alkanes) is 1. The van der Waals surface area contributed by atoms with Crippen LogP contribution in [0.1, 0.15) is 30.1 Å². The van der Waals surface area contributed by atoms with Gasteiger partial charge in [-0.2, -0.15) is 0 Å². The van der Waals surface area contributed by atoms with Crippen molar-refractivity contribution in [2.75, 3.05) is 37.7 Å². The first-order valence-electron chi connectivity index (χ1n) is 9.70. The number of piperazine rings is 1. The smallest absolute Gasteiger partial charge is 0.294 e. The van der Waals surface area contributed by atoms with Crippen LogP contribution in [0.5, 0.6) is 5.75 Å². The predicted molar refractivity (Wildman–Crippen MR) is 113 cm³/mol. The zero-order valence-corrected chi connectivity index (χ0v) is 17.1. The fourth-order valence-corrected chi connectivity index (χ4v) is 3.44. The second-order valence-corrected chi connectivity index (χ2v) is 7.33. The van der Waals surface area contributed by atoms with Crippen molar-refractivity contribution in [2.24, 2.45) is 0 Å². The van der Waals surface area contributed by atoms with Crippen LogP contribution < -0.4 is 9.64 Å². The van der Waals surface area contributed by atoms with E-state index < -0.39 is 4.92 Å². The molecular formula is C21H24ClN3O4. The first kappa shape index (κ1) is 20.9. The molecule has 7 nitrogen and oxygen atoms in total. The van der Waals surface area contributed by atoms with Gasteiger partial charge in [-0.3, -0.25) is 14.9 Å². The van der Waals surface area contributed by atoms with Gasteiger partial charge in [-0.1, -0.05) is 24.9 Å². The molecule has 29 heavy (non-hydrogen) atoms. The molecule has 3 rings (SSSR count). The summed E-state index contributed by atoms with van der Waals surface area (Å²) in [6.45, 7) is 4.80. The highest BCUT2D eigenvalue weighted by atomic mass is 35.5. The lowest BCUT2D eigenvalue weighted by molar-refractivity contribution is -0.384. The molecule has 0 saturated carbocycles. The topological polar surface area (TPSA) is 75.9 Å². The molecule has 154 valence electrons. The van der Waals surface area contributed by atoms with Crippen LogP contribution in [0.4, 0.5) is 11.4 Å². The SMILES string of the molecule is CCCCOc1ccc(C(=O)N2CCN(c3ccc(Cl)cc3[N+](=O)[O-])CC2)cc1. The van der Waals surface area contributed by atoms with E-state index in [0.717, 1.165) is 18.6 Å². The molecule has 0 atom stereocenters. The van der Waals surface area contributed by atoms with E-state index in [9.17, 15) is 14.9 Å². The summed E-state index contributed by atoms with van der Waals surface area (Å²) in [5.41, 5.74) is 1.12. The number of carbonyl (C=O) groups excluding carboxylic acids is 1. The molecule has 1 aliphatic heterocycles. The number of hydrogen-bond acceptors (Lipinski definition) is 5. The second kappa shape index (κ2) is 9.60. The minimum absolute atomic E-state index is 0.0176. The van der Waals surface area contributed by atoms with E-state index in [1.54, 1.807) is 29.2 Å². The maximum Gasteiger partial charge on any atom is 0.294 e. The predicted octanol–water partition coefficient (Wildman–Crippen LogP) is 4.39. The summed E-state index contributed by atoms with van der Waals surface area (Å²) >= 11 is 5.89. The normalized spacial score (nSPS) is 14.0. The average Bonchev–Trinajstić information content (AvgIpc) is 2.74. The third-order valence-corrected chi connectivity index (χ3v) is 5.14. The van der Waals surface area contributed by atoms with Gasteiger partial charge in [0.15, 0.2) is 0 Å². The number of hydrogen-bond donors (Lipinski definition) is 0. The lowest BCUT2D eigenvalue weighted by atomic mass is 10.1. The number of rotatable bonds is 7. The highest BCUT2D eigenvalue weighted by Crippen LogP contribution is 2.31. The van der Waals surface area contributed by atoms with Crippen LogP contribution in [0.15, 0.2) is 42.5 Å². The zero-order chi connectivity index (χ0) is 20.8. The van der Waals surface area contributed by atoms with Crippen molar-refractivity contribution in [1.82, 2.24) is 4.90 Å². The highest BCUT2D eigenvalue weighted by molar-refractivity contribution is 6.30. The first-order valence-corrected chi connectivity index (χ1v) is 10.1. The summed E-state index contributed by atoms with van der Waals surface area (Å²) in [6.07, 6.45) is 2.07. The maximum absolute atomic E-state index is 12.8. The lowest BCUT2D eigenvalue weighted by Gasteiger charge is -2.35. The van der Waals surface area contributed by atoms with Gasteiger partial charge in [-0.05, 0) is 42.8 Å². The van der Waals surface area contributed by atoms with E-state index in [4.69, 9.17) is 16.3 Å². The molecule has 1 amide bonds. The summed E-state index contributed by atoms with van der Waals surface area (Å²) in [5, 5.41) is 11.7. The van der Waals surface area contributed by atoms with Crippen LogP contribution in [-0.4, -0.2) is 48.5 Å². The van der Waals surface area contributed by atoms with Crippen LogP contribution in [0, 0.1) is 10.1 Å². The van der Waals surface area contributed by atoms with Gasteiger partial charge in [0, 0.05) is 42.8 Å². The van der Waals surface area contributed by atoms with Gasteiger partial charge in [0.25, 0.3) is 11.6 Å². The molecule has 0 aliphatic carbocycles. The number of halogens is 1. The number of nitro groups is 1. The van der Waals surface area contributed by atoms with Crippen molar-refractivity contribution >= 4 is 28.9 Å². The number of carbonyl (C=O) groups is 1. The molecule has 0 spiro atoms. The molecule has 8 heteroatoms. The zero-order valence-electron chi connectivity index (χ0n) is 16.3. The van der Waals surface area contributed by atoms with Crippen LogP contribution in [-0.2, 0) is 0 Å². The van der Waals surface area contributed by atoms with E-state index in [-0.39, 0.29) is 11.6 Å². The summed E-state index contributed by atoms with van der Waals surface area (Å²) < 4.78 is 5.63. The number of amides is 1. The third-order valence-electron chi connectivity index (χ3n) is 4.91. The molecule has 1 saturated heterocycles. The number of anilines is 1. The standard InChI is InChI=1S/C21H24ClN3O4/c1-2-3-14-29-18-7-4-16(5-8-18)21(26)24-12-10-23(11-13-24)19-9-6-17(22)15-20(19)25(27)28/h4-9,15H,2-3,10-14H2,1H3. The Morgan fingerprint density at radius 1 is 1.14 bits per heavy atom. The summed E-state index contributed by atoms with van der Waals surface area (Å²) in [5.74, 6) is 0.713. The molecule has 2 aromatic carbocycles. The van der Waals surface area contributed by atoms with Crippen LogP contribution in [0.3, 0.4) is 0 Å². The molecule has 0 unspecified atom stereocenters. The molecule has 0 bridgehead atoms. The number of ether oxygens (including phenoxy) is 1. The molecule has 1 fully saturated rings. The number of nitrogens with zero attached hydrogens (tertiary/aromatic N) is 3. The van der Waals surface area contributed by atoms with Gasteiger partial charge in [-0.15, -0.1) is 0 Å². The van der Waals surface area contributed by atoms with E-state index in [1.165, 1.54) is 6.07 Å². The molecule has 0 aromatic heterocycles. The summed E-state index contributed by atoms with van der Waals surface area (Å²) in [6, 6.07) is 11.9. The van der Waals surface area contributed by atoms with Crippen LogP contribution in [0.2, 0.25) is 5.02 Å². The quantitative estimate of drug-likeness (QED) is 0.379. The Balaban J connectivity index is 1.61. The van der Waals surface area contributed by atoms with Gasteiger partial charge in [0.2, 0.25) is 0 Å². The number of nitro benzene ring substituents is 1. The Labute approximate surface area is 175 Å². The van der Waals surface area contributed by atoms with Crippen molar-refractivity contribution in [3.8, 4) is 5.75 Å². The van der Waals surface area contributed by atoms with Crippen molar-refractivity contribution in [1.29, 1.82) is 0 Å². The Morgan fingerprint density at radius 3 is 2.45 bits per heavy atom. The first-order chi connectivity index (χ1) is 14.0. The third kappa shape index (κ3) is 5.17. The average molecular weight is 418 g/mol. The maximum atomic E-state index is 12.8. The van der Waals surface area contributed by atoms with Crippen LogP contribution in [0.25, 0.3) is 0 Å². The molecule has 1 heterocycles. The second-order valence-electron chi connectivity index (χ2n) is 6.90. The Kier molecular flexibility index (Phi) is 6.93. The van der Waals surface area contributed by atoms with Gasteiger partial charge >= 0.3 is 0 Å². The Morgan fingerprint density at radius 2 is 1.83 bits per heavy atom. The van der Waals surface area contributed by atoms with Crippen molar-refractivity contribution in [3.63, 3.8) is 0 Å². The molecule has 1 aliphatic rings. The fourth-order valence-electron chi connectivity index (χ4n) is 3.27. The Bertz CT molecular complexity index is 865. The van der Waals surface area contributed by atoms with Crippen molar-refractivity contribution in [3.05, 3.63) is 63.2 Å². The molecule has 0 radical (unpaired) electrons. The van der Waals surface area contributed by atoms with E-state index >= 15 is 0 Å². The fraction of sp³-hybridized carbons (Fsp3) is 0.381. The van der Waals surface area contributed by atoms with Crippen molar-refractivity contribution < 1.29 is 14.5 Å². The van der Waals surface area contributed by atoms with E-state index in [1.807, 2.05) is 17.0 Å². The molecule has 0 N–H and O–H groups in total. The van der Waals surface area contributed by atoms with Gasteiger partial charge in [0.05, 0.1) is 11.5 Å². The number of benzene rings is 2. The summed E-state index contributed by atoms with van der Waals surface area (Å²) in [4.78, 5) is 27.4. The summed E-state index contributed by atoms with van der Waals surface area (Å²) in [7, 11) is 0. The highest BCUT2D eigenvalue weighted by Gasteiger charge is 2.26. The van der Waals surface area contributed by atoms with Gasteiger partial charge < -0.3 is 14.5 Å². The van der Waals surface area contributed by atoms with Crippen LogP contribution >= 0.6 is 11.6 Å². The van der Waals surface area contributed by atoms with Gasteiger partial charge in [-0.25, -0.2) is 0 Å².